The monoisotopic (exact) mass is 422 g/mol. The number of aromatic nitrogens is 1. The van der Waals surface area contributed by atoms with Gasteiger partial charge in [-0.05, 0) is 43.3 Å². The minimum Gasteiger partial charge on any atom is -0.495 e. The van der Waals surface area contributed by atoms with Crippen molar-refractivity contribution in [2.45, 2.75) is 11.8 Å². The van der Waals surface area contributed by atoms with E-state index >= 15 is 0 Å². The highest BCUT2D eigenvalue weighted by Gasteiger charge is 2.21. The Morgan fingerprint density at radius 2 is 1.96 bits per heavy atom. The Hall–Kier alpha value is -2.32. The SMILES string of the molecule is COc1cc(-c2cc(C)no2)ccc1S(=O)(=O)Nc1cccc(Br)c1. The average Bonchev–Trinajstić information content (AvgIpc) is 3.00. The molecule has 0 unspecified atom stereocenters. The van der Waals surface area contributed by atoms with Gasteiger partial charge in [-0.2, -0.15) is 0 Å². The van der Waals surface area contributed by atoms with Crippen molar-refractivity contribution in [2.75, 3.05) is 11.8 Å². The molecule has 0 bridgehead atoms. The van der Waals surface area contributed by atoms with Crippen LogP contribution in [0.1, 0.15) is 5.69 Å². The number of halogens is 1. The molecular formula is C17H15BrN2O4S. The van der Waals surface area contributed by atoms with Gasteiger partial charge in [-0.15, -0.1) is 0 Å². The lowest BCUT2D eigenvalue weighted by molar-refractivity contribution is 0.402. The molecule has 0 atom stereocenters. The number of benzene rings is 2. The molecule has 0 saturated heterocycles. The van der Waals surface area contributed by atoms with Crippen LogP contribution in [0.4, 0.5) is 5.69 Å². The van der Waals surface area contributed by atoms with Crippen molar-refractivity contribution in [1.82, 2.24) is 5.16 Å². The molecule has 3 aromatic rings. The largest absolute Gasteiger partial charge is 0.495 e. The molecule has 1 N–H and O–H groups in total. The summed E-state index contributed by atoms with van der Waals surface area (Å²) in [5, 5.41) is 3.83. The number of nitrogens with one attached hydrogen (secondary N) is 1. The molecule has 0 aliphatic rings. The number of rotatable bonds is 5. The van der Waals surface area contributed by atoms with E-state index in [1.807, 2.05) is 13.0 Å². The molecule has 0 amide bonds. The van der Waals surface area contributed by atoms with Crippen LogP contribution in [0.3, 0.4) is 0 Å². The van der Waals surface area contributed by atoms with Gasteiger partial charge in [0.05, 0.1) is 12.8 Å². The summed E-state index contributed by atoms with van der Waals surface area (Å²) >= 11 is 3.32. The summed E-state index contributed by atoms with van der Waals surface area (Å²) in [5.41, 5.74) is 1.87. The number of sulfonamides is 1. The van der Waals surface area contributed by atoms with E-state index in [1.54, 1.807) is 36.4 Å². The molecule has 25 heavy (non-hydrogen) atoms. The quantitative estimate of drug-likeness (QED) is 0.665. The second-order valence-corrected chi connectivity index (χ2v) is 7.88. The first-order chi connectivity index (χ1) is 11.9. The van der Waals surface area contributed by atoms with E-state index in [2.05, 4.69) is 25.8 Å². The Labute approximate surface area is 154 Å². The number of hydrogen-bond acceptors (Lipinski definition) is 5. The Morgan fingerprint density at radius 1 is 1.16 bits per heavy atom. The van der Waals surface area contributed by atoms with Crippen LogP contribution in [0.25, 0.3) is 11.3 Å². The van der Waals surface area contributed by atoms with Gasteiger partial charge >= 0.3 is 0 Å². The molecule has 6 nitrogen and oxygen atoms in total. The first-order valence-corrected chi connectivity index (χ1v) is 9.57. The zero-order chi connectivity index (χ0) is 18.0. The third kappa shape index (κ3) is 3.85. The van der Waals surface area contributed by atoms with Crippen LogP contribution in [-0.4, -0.2) is 20.7 Å². The Bertz CT molecular complexity index is 1010. The second kappa shape index (κ2) is 6.89. The summed E-state index contributed by atoms with van der Waals surface area (Å²) in [6.07, 6.45) is 0. The number of nitrogens with zero attached hydrogens (tertiary/aromatic N) is 1. The molecule has 8 heteroatoms. The van der Waals surface area contributed by atoms with Crippen LogP contribution < -0.4 is 9.46 Å². The molecule has 130 valence electrons. The lowest BCUT2D eigenvalue weighted by Gasteiger charge is -2.12. The van der Waals surface area contributed by atoms with Gasteiger partial charge in [0, 0.05) is 21.8 Å². The van der Waals surface area contributed by atoms with E-state index in [1.165, 1.54) is 13.2 Å². The zero-order valence-electron chi connectivity index (χ0n) is 13.5. The van der Waals surface area contributed by atoms with E-state index in [9.17, 15) is 8.42 Å². The van der Waals surface area contributed by atoms with Crippen molar-refractivity contribution in [3.63, 3.8) is 0 Å². The molecule has 0 aliphatic carbocycles. The van der Waals surface area contributed by atoms with E-state index in [0.717, 1.165) is 10.2 Å². The van der Waals surface area contributed by atoms with Gasteiger partial charge in [-0.3, -0.25) is 4.72 Å². The number of hydrogen-bond donors (Lipinski definition) is 1. The number of anilines is 1. The third-order valence-electron chi connectivity index (χ3n) is 3.44. The van der Waals surface area contributed by atoms with E-state index < -0.39 is 10.0 Å². The second-order valence-electron chi connectivity index (χ2n) is 5.31. The average molecular weight is 423 g/mol. The number of aryl methyl sites for hydroxylation is 1. The number of methoxy groups -OCH3 is 1. The summed E-state index contributed by atoms with van der Waals surface area (Å²) in [5.74, 6) is 0.758. The smallest absolute Gasteiger partial charge is 0.265 e. The fourth-order valence-electron chi connectivity index (χ4n) is 2.30. The molecule has 0 aliphatic heterocycles. The molecule has 1 aromatic heterocycles. The van der Waals surface area contributed by atoms with Gasteiger partial charge in [0.1, 0.15) is 10.6 Å². The molecule has 0 fully saturated rings. The zero-order valence-corrected chi connectivity index (χ0v) is 15.9. The minimum atomic E-state index is -3.81. The van der Waals surface area contributed by atoms with Gasteiger partial charge in [-0.1, -0.05) is 27.2 Å². The van der Waals surface area contributed by atoms with Crippen LogP contribution in [0.15, 0.2) is 62.4 Å². The highest BCUT2D eigenvalue weighted by atomic mass is 79.9. The summed E-state index contributed by atoms with van der Waals surface area (Å²) in [6.45, 7) is 1.81. The molecule has 2 aromatic carbocycles. The van der Waals surface area contributed by atoms with Crippen molar-refractivity contribution in [2.24, 2.45) is 0 Å². The fraction of sp³-hybridized carbons (Fsp3) is 0.118. The van der Waals surface area contributed by atoms with Crippen molar-refractivity contribution < 1.29 is 17.7 Å². The fourth-order valence-corrected chi connectivity index (χ4v) is 3.91. The third-order valence-corrected chi connectivity index (χ3v) is 5.36. The summed E-state index contributed by atoms with van der Waals surface area (Å²) in [6, 6.07) is 13.4. The van der Waals surface area contributed by atoms with Gasteiger partial charge in [0.25, 0.3) is 10.0 Å². The van der Waals surface area contributed by atoms with E-state index in [4.69, 9.17) is 9.26 Å². The van der Waals surface area contributed by atoms with Crippen molar-refractivity contribution in [3.05, 3.63) is 58.7 Å². The first-order valence-electron chi connectivity index (χ1n) is 7.29. The van der Waals surface area contributed by atoms with Gasteiger partial charge in [0.15, 0.2) is 5.76 Å². The lowest BCUT2D eigenvalue weighted by atomic mass is 10.1. The van der Waals surface area contributed by atoms with Crippen LogP contribution in [-0.2, 0) is 10.0 Å². The summed E-state index contributed by atoms with van der Waals surface area (Å²) in [7, 11) is -2.39. The Kier molecular flexibility index (Phi) is 4.82. The highest BCUT2D eigenvalue weighted by Crippen LogP contribution is 2.31. The predicted molar refractivity (Wildman–Crippen MR) is 98.2 cm³/mol. The van der Waals surface area contributed by atoms with Gasteiger partial charge < -0.3 is 9.26 Å². The van der Waals surface area contributed by atoms with Crippen molar-refractivity contribution in [1.29, 1.82) is 0 Å². The first kappa shape index (κ1) is 17.5. The van der Waals surface area contributed by atoms with Crippen LogP contribution in [0.2, 0.25) is 0 Å². The lowest BCUT2D eigenvalue weighted by Crippen LogP contribution is -2.14. The van der Waals surface area contributed by atoms with Gasteiger partial charge in [0.2, 0.25) is 0 Å². The van der Waals surface area contributed by atoms with Crippen LogP contribution >= 0.6 is 15.9 Å². The molecule has 0 spiro atoms. The minimum absolute atomic E-state index is 0.0370. The van der Waals surface area contributed by atoms with Crippen molar-refractivity contribution >= 4 is 31.6 Å². The molecule has 3 rings (SSSR count). The van der Waals surface area contributed by atoms with Crippen LogP contribution in [0, 0.1) is 6.92 Å². The normalized spacial score (nSPS) is 11.3. The van der Waals surface area contributed by atoms with E-state index in [-0.39, 0.29) is 10.6 Å². The maximum Gasteiger partial charge on any atom is 0.265 e. The molecule has 0 radical (unpaired) electrons. The molecule has 0 saturated carbocycles. The van der Waals surface area contributed by atoms with E-state index in [0.29, 0.717) is 17.0 Å². The molecule has 1 heterocycles. The van der Waals surface area contributed by atoms with Crippen molar-refractivity contribution in [3.8, 4) is 17.1 Å². The number of ether oxygens (including phenoxy) is 1. The maximum atomic E-state index is 12.7. The standard InChI is InChI=1S/C17H15BrN2O4S/c1-11-8-15(24-19-11)12-6-7-17(16(9-12)23-2)25(21,22)20-14-5-3-4-13(18)10-14/h3-10,20H,1-2H3. The summed E-state index contributed by atoms with van der Waals surface area (Å²) in [4.78, 5) is 0.0370. The van der Waals surface area contributed by atoms with Crippen LogP contribution in [0.5, 0.6) is 5.75 Å². The highest BCUT2D eigenvalue weighted by molar-refractivity contribution is 9.10. The maximum absolute atomic E-state index is 12.7. The topological polar surface area (TPSA) is 81.4 Å². The molecular weight excluding hydrogens is 408 g/mol. The van der Waals surface area contributed by atoms with Gasteiger partial charge in [-0.25, -0.2) is 8.42 Å². The Morgan fingerprint density at radius 3 is 2.60 bits per heavy atom. The Balaban J connectivity index is 1.98. The summed E-state index contributed by atoms with van der Waals surface area (Å²) < 4.78 is 39.2. The predicted octanol–water partition coefficient (Wildman–Crippen LogP) is 4.22.